The van der Waals surface area contributed by atoms with Gasteiger partial charge < -0.3 is 10.2 Å². The van der Waals surface area contributed by atoms with Crippen LogP contribution in [0, 0.1) is 6.92 Å². The predicted octanol–water partition coefficient (Wildman–Crippen LogP) is 2.85. The van der Waals surface area contributed by atoms with Gasteiger partial charge in [-0.05, 0) is 43.2 Å². The third-order valence-corrected chi connectivity index (χ3v) is 5.21. The highest BCUT2D eigenvalue weighted by atomic mass is 32.2. The van der Waals surface area contributed by atoms with E-state index in [0.717, 1.165) is 22.8 Å². The number of hydrogen-bond acceptors (Lipinski definition) is 6. The highest BCUT2D eigenvalue weighted by molar-refractivity contribution is 7.89. The minimum Gasteiger partial charge on any atom is -0.354 e. The van der Waals surface area contributed by atoms with Gasteiger partial charge in [-0.1, -0.05) is 30.3 Å². The number of benzene rings is 2. The summed E-state index contributed by atoms with van der Waals surface area (Å²) in [5, 5.41) is 8.35. The van der Waals surface area contributed by atoms with Gasteiger partial charge in [0.15, 0.2) is 0 Å². The van der Waals surface area contributed by atoms with Crippen LogP contribution in [0.2, 0.25) is 0 Å². The molecule has 2 aromatic carbocycles. The summed E-state index contributed by atoms with van der Waals surface area (Å²) in [4.78, 5) is 11.2. The van der Waals surface area contributed by atoms with Crippen LogP contribution in [0.5, 0.6) is 0 Å². The predicted molar refractivity (Wildman–Crippen MR) is 111 cm³/mol. The van der Waals surface area contributed by atoms with Crippen molar-refractivity contribution in [1.82, 2.24) is 9.97 Å². The van der Waals surface area contributed by atoms with Crippen molar-refractivity contribution in [1.29, 1.82) is 0 Å². The maximum Gasteiger partial charge on any atom is 0.238 e. The minimum absolute atomic E-state index is 0.111. The van der Waals surface area contributed by atoms with Gasteiger partial charge in [-0.15, -0.1) is 0 Å². The zero-order valence-electron chi connectivity index (χ0n) is 15.8. The first-order chi connectivity index (χ1) is 13.3. The second-order valence-electron chi connectivity index (χ2n) is 6.45. The Morgan fingerprint density at radius 1 is 1.04 bits per heavy atom. The molecule has 1 heterocycles. The summed E-state index contributed by atoms with van der Waals surface area (Å²) in [7, 11) is -1.70. The topological polar surface area (TPSA) is 101 Å². The molecule has 0 saturated heterocycles. The molecule has 0 radical (unpaired) electrons. The number of primary sulfonamides is 1. The van der Waals surface area contributed by atoms with E-state index < -0.39 is 10.0 Å². The smallest absolute Gasteiger partial charge is 0.238 e. The van der Waals surface area contributed by atoms with Crippen molar-refractivity contribution < 1.29 is 8.42 Å². The maximum absolute atomic E-state index is 11.3. The van der Waals surface area contributed by atoms with Crippen molar-refractivity contribution in [2.24, 2.45) is 5.14 Å². The van der Waals surface area contributed by atoms with E-state index >= 15 is 0 Å². The Morgan fingerprint density at radius 3 is 2.36 bits per heavy atom. The lowest BCUT2D eigenvalue weighted by molar-refractivity contribution is 0.598. The average Bonchev–Trinajstić information content (AvgIpc) is 2.67. The van der Waals surface area contributed by atoms with E-state index in [0.29, 0.717) is 18.9 Å². The van der Waals surface area contributed by atoms with Crippen LogP contribution < -0.4 is 15.4 Å². The van der Waals surface area contributed by atoms with Gasteiger partial charge in [0.05, 0.1) is 4.90 Å². The van der Waals surface area contributed by atoms with Gasteiger partial charge in [0, 0.05) is 31.0 Å². The lowest BCUT2D eigenvalue weighted by Gasteiger charge is -2.19. The Kier molecular flexibility index (Phi) is 5.91. The number of nitrogens with one attached hydrogen (secondary N) is 1. The lowest BCUT2D eigenvalue weighted by atomic mass is 10.1. The van der Waals surface area contributed by atoms with Crippen molar-refractivity contribution in [3.8, 4) is 0 Å². The first-order valence-electron chi connectivity index (χ1n) is 8.83. The maximum atomic E-state index is 11.3. The van der Waals surface area contributed by atoms with Gasteiger partial charge in [-0.3, -0.25) is 0 Å². The molecule has 3 N–H and O–H groups in total. The molecule has 28 heavy (non-hydrogen) atoms. The number of rotatable bonds is 7. The van der Waals surface area contributed by atoms with E-state index in [1.165, 1.54) is 12.1 Å². The molecule has 0 atom stereocenters. The van der Waals surface area contributed by atoms with Gasteiger partial charge in [0.25, 0.3) is 0 Å². The summed E-state index contributed by atoms with van der Waals surface area (Å²) in [6, 6.07) is 18.5. The standard InChI is InChI=1S/C20H23N5O2S/c1-15-14-19(25(2)17-6-4-3-5-7-17)24-20(23-15)22-13-12-16-8-10-18(11-9-16)28(21,26)27/h3-11,14H,12-13H2,1-2H3,(H2,21,26,27)(H,22,23,24). The second kappa shape index (κ2) is 8.37. The summed E-state index contributed by atoms with van der Waals surface area (Å²) < 4.78 is 22.6. The molecular weight excluding hydrogens is 374 g/mol. The monoisotopic (exact) mass is 397 g/mol. The fourth-order valence-electron chi connectivity index (χ4n) is 2.75. The Balaban J connectivity index is 1.65. The molecule has 0 unspecified atom stereocenters. The van der Waals surface area contributed by atoms with Crippen LogP contribution in [-0.4, -0.2) is 32.0 Å². The number of nitrogens with two attached hydrogens (primary N) is 1. The van der Waals surface area contributed by atoms with E-state index in [2.05, 4.69) is 15.3 Å². The normalized spacial score (nSPS) is 11.2. The minimum atomic E-state index is -3.66. The summed E-state index contributed by atoms with van der Waals surface area (Å²) in [5.41, 5.74) is 2.91. The molecule has 0 spiro atoms. The molecule has 0 aliphatic carbocycles. The quantitative estimate of drug-likeness (QED) is 0.636. The van der Waals surface area contributed by atoms with Crippen LogP contribution in [0.4, 0.5) is 17.5 Å². The van der Waals surface area contributed by atoms with Crippen molar-refractivity contribution >= 4 is 27.5 Å². The Hall–Kier alpha value is -2.97. The Labute approximate surface area is 165 Å². The fourth-order valence-corrected chi connectivity index (χ4v) is 3.27. The highest BCUT2D eigenvalue weighted by Crippen LogP contribution is 2.22. The summed E-state index contributed by atoms with van der Waals surface area (Å²) in [6.07, 6.45) is 0.700. The molecule has 0 saturated carbocycles. The molecule has 0 aliphatic heterocycles. The zero-order valence-corrected chi connectivity index (χ0v) is 16.6. The molecule has 0 fully saturated rings. The van der Waals surface area contributed by atoms with Crippen LogP contribution >= 0.6 is 0 Å². The Bertz CT molecular complexity index is 1040. The zero-order chi connectivity index (χ0) is 20.1. The van der Waals surface area contributed by atoms with Gasteiger partial charge in [0.1, 0.15) is 5.82 Å². The number of aryl methyl sites for hydroxylation is 1. The number of hydrogen-bond donors (Lipinski definition) is 2. The van der Waals surface area contributed by atoms with E-state index in [1.807, 2.05) is 55.3 Å². The van der Waals surface area contributed by atoms with Crippen molar-refractivity contribution in [2.75, 3.05) is 23.8 Å². The van der Waals surface area contributed by atoms with Crippen LogP contribution in [0.15, 0.2) is 65.6 Å². The van der Waals surface area contributed by atoms with Gasteiger partial charge in [0.2, 0.25) is 16.0 Å². The van der Waals surface area contributed by atoms with E-state index in [4.69, 9.17) is 5.14 Å². The molecule has 3 rings (SSSR count). The second-order valence-corrected chi connectivity index (χ2v) is 8.01. The first-order valence-corrected chi connectivity index (χ1v) is 10.4. The highest BCUT2D eigenvalue weighted by Gasteiger charge is 2.09. The number of nitrogens with zero attached hydrogens (tertiary/aromatic N) is 3. The van der Waals surface area contributed by atoms with Gasteiger partial charge >= 0.3 is 0 Å². The fraction of sp³-hybridized carbons (Fsp3) is 0.200. The van der Waals surface area contributed by atoms with E-state index in [9.17, 15) is 8.42 Å². The molecule has 3 aromatic rings. The van der Waals surface area contributed by atoms with Crippen molar-refractivity contribution in [3.63, 3.8) is 0 Å². The molecule has 146 valence electrons. The summed E-state index contributed by atoms with van der Waals surface area (Å²) in [5.74, 6) is 1.36. The largest absolute Gasteiger partial charge is 0.354 e. The van der Waals surface area contributed by atoms with Crippen molar-refractivity contribution in [3.05, 3.63) is 71.9 Å². The van der Waals surface area contributed by atoms with Gasteiger partial charge in [-0.25, -0.2) is 18.5 Å². The van der Waals surface area contributed by atoms with E-state index in [1.54, 1.807) is 12.1 Å². The molecular formula is C20H23N5O2S. The number of para-hydroxylation sites is 1. The first kappa shape index (κ1) is 19.8. The molecule has 0 amide bonds. The van der Waals surface area contributed by atoms with Crippen LogP contribution in [-0.2, 0) is 16.4 Å². The molecule has 7 nitrogen and oxygen atoms in total. The third-order valence-electron chi connectivity index (χ3n) is 4.28. The lowest BCUT2D eigenvalue weighted by Crippen LogP contribution is -2.15. The number of aromatic nitrogens is 2. The molecule has 0 aliphatic rings. The molecule has 0 bridgehead atoms. The van der Waals surface area contributed by atoms with Crippen molar-refractivity contribution in [2.45, 2.75) is 18.2 Å². The molecule has 8 heteroatoms. The average molecular weight is 398 g/mol. The van der Waals surface area contributed by atoms with Crippen LogP contribution in [0.1, 0.15) is 11.3 Å². The third kappa shape index (κ3) is 5.05. The van der Waals surface area contributed by atoms with Crippen LogP contribution in [0.3, 0.4) is 0 Å². The number of anilines is 3. The van der Waals surface area contributed by atoms with Crippen LogP contribution in [0.25, 0.3) is 0 Å². The van der Waals surface area contributed by atoms with E-state index in [-0.39, 0.29) is 4.90 Å². The SMILES string of the molecule is Cc1cc(N(C)c2ccccc2)nc(NCCc2ccc(S(N)(=O)=O)cc2)n1. The summed E-state index contributed by atoms with van der Waals surface area (Å²) in [6.45, 7) is 2.55. The summed E-state index contributed by atoms with van der Waals surface area (Å²) >= 11 is 0. The number of sulfonamides is 1. The molecule has 1 aromatic heterocycles. The van der Waals surface area contributed by atoms with Gasteiger partial charge in [-0.2, -0.15) is 4.98 Å². The Morgan fingerprint density at radius 2 is 1.71 bits per heavy atom.